The predicted octanol–water partition coefficient (Wildman–Crippen LogP) is 1.81. The third-order valence-corrected chi connectivity index (χ3v) is 4.38. The van der Waals surface area contributed by atoms with Gasteiger partial charge < -0.3 is 10.4 Å². The van der Waals surface area contributed by atoms with Gasteiger partial charge in [0.05, 0.1) is 29.1 Å². The normalized spacial score (nSPS) is 26.3. The summed E-state index contributed by atoms with van der Waals surface area (Å²) in [5.74, 6) is -1.70. The highest BCUT2D eigenvalue weighted by molar-refractivity contribution is 7.09. The van der Waals surface area contributed by atoms with Gasteiger partial charge in [-0.15, -0.1) is 11.3 Å². The number of thiazole rings is 1. The predicted molar refractivity (Wildman–Crippen MR) is 71.7 cm³/mol. The van der Waals surface area contributed by atoms with Crippen molar-refractivity contribution in [1.29, 1.82) is 0 Å². The van der Waals surface area contributed by atoms with Gasteiger partial charge in [0.15, 0.2) is 0 Å². The first-order chi connectivity index (χ1) is 8.97. The first-order valence-corrected chi connectivity index (χ1v) is 7.27. The van der Waals surface area contributed by atoms with Gasteiger partial charge >= 0.3 is 5.97 Å². The number of aromatic nitrogens is 1. The number of carbonyl (C=O) groups is 2. The van der Waals surface area contributed by atoms with E-state index < -0.39 is 17.8 Å². The molecule has 1 fully saturated rings. The number of hydrogen-bond donors (Lipinski definition) is 2. The van der Waals surface area contributed by atoms with Gasteiger partial charge in [-0.05, 0) is 25.7 Å². The van der Waals surface area contributed by atoms with E-state index in [1.54, 1.807) is 0 Å². The fourth-order valence-electron chi connectivity index (χ4n) is 2.65. The largest absolute Gasteiger partial charge is 0.481 e. The van der Waals surface area contributed by atoms with Crippen LogP contribution in [0.5, 0.6) is 0 Å². The molecule has 1 aromatic rings. The second-order valence-corrected chi connectivity index (χ2v) is 6.27. The van der Waals surface area contributed by atoms with E-state index >= 15 is 0 Å². The molecule has 1 heterocycles. The lowest BCUT2D eigenvalue weighted by Crippen LogP contribution is -2.35. The number of hydrogen-bond acceptors (Lipinski definition) is 4. The van der Waals surface area contributed by atoms with E-state index in [2.05, 4.69) is 10.3 Å². The molecule has 0 spiro atoms. The van der Waals surface area contributed by atoms with Crippen molar-refractivity contribution in [1.82, 2.24) is 10.3 Å². The Morgan fingerprint density at radius 3 is 2.74 bits per heavy atom. The highest BCUT2D eigenvalue weighted by Crippen LogP contribution is 2.36. The molecular weight excluding hydrogens is 264 g/mol. The van der Waals surface area contributed by atoms with Gasteiger partial charge in [-0.1, -0.05) is 6.92 Å². The highest BCUT2D eigenvalue weighted by Gasteiger charge is 2.41. The molecule has 2 rings (SSSR count). The third kappa shape index (κ3) is 3.32. The molecule has 1 aromatic heterocycles. The summed E-state index contributed by atoms with van der Waals surface area (Å²) in [6.07, 6.45) is 1.24. The summed E-state index contributed by atoms with van der Waals surface area (Å²) >= 11 is 1.54. The van der Waals surface area contributed by atoms with Crippen molar-refractivity contribution in [3.63, 3.8) is 0 Å². The highest BCUT2D eigenvalue weighted by atomic mass is 32.1. The van der Waals surface area contributed by atoms with Crippen molar-refractivity contribution < 1.29 is 14.7 Å². The van der Waals surface area contributed by atoms with Crippen molar-refractivity contribution in [3.8, 4) is 0 Å². The van der Waals surface area contributed by atoms with Crippen LogP contribution in [-0.4, -0.2) is 22.0 Å². The van der Waals surface area contributed by atoms with Gasteiger partial charge in [0, 0.05) is 5.38 Å². The lowest BCUT2D eigenvalue weighted by atomic mass is 9.95. The molecule has 0 radical (unpaired) electrons. The molecule has 1 aliphatic carbocycles. The molecule has 19 heavy (non-hydrogen) atoms. The van der Waals surface area contributed by atoms with Crippen LogP contribution in [-0.2, 0) is 16.1 Å². The third-order valence-electron chi connectivity index (χ3n) is 3.56. The fraction of sp³-hybridized carbons (Fsp3) is 0.615. The Morgan fingerprint density at radius 2 is 2.16 bits per heavy atom. The zero-order valence-corrected chi connectivity index (χ0v) is 11.9. The Morgan fingerprint density at radius 1 is 1.47 bits per heavy atom. The molecule has 1 amide bonds. The van der Waals surface area contributed by atoms with Gasteiger partial charge in [0.1, 0.15) is 0 Å². The monoisotopic (exact) mass is 282 g/mol. The zero-order valence-electron chi connectivity index (χ0n) is 11.0. The van der Waals surface area contributed by atoms with E-state index in [9.17, 15) is 9.59 Å². The number of aliphatic carboxylic acids is 1. The number of nitrogens with one attached hydrogen (secondary N) is 1. The van der Waals surface area contributed by atoms with Gasteiger partial charge in [-0.3, -0.25) is 9.59 Å². The molecule has 5 nitrogen and oxygen atoms in total. The van der Waals surface area contributed by atoms with E-state index in [0.29, 0.717) is 25.3 Å². The summed E-state index contributed by atoms with van der Waals surface area (Å²) in [4.78, 5) is 27.5. The smallest absolute Gasteiger partial charge is 0.307 e. The van der Waals surface area contributed by atoms with E-state index in [1.165, 1.54) is 11.3 Å². The van der Waals surface area contributed by atoms with Crippen LogP contribution in [0.4, 0.5) is 0 Å². The Kier molecular flexibility index (Phi) is 4.19. The number of amides is 1. The molecule has 1 unspecified atom stereocenters. The summed E-state index contributed by atoms with van der Waals surface area (Å²) in [7, 11) is 0. The number of carboxylic acids is 1. The molecule has 3 atom stereocenters. The first kappa shape index (κ1) is 14.0. The Balaban J connectivity index is 1.93. The van der Waals surface area contributed by atoms with Crippen molar-refractivity contribution in [3.05, 3.63) is 16.1 Å². The van der Waals surface area contributed by atoms with Gasteiger partial charge in [-0.2, -0.15) is 0 Å². The van der Waals surface area contributed by atoms with Gasteiger partial charge in [-0.25, -0.2) is 4.98 Å². The fourth-order valence-corrected chi connectivity index (χ4v) is 3.27. The topological polar surface area (TPSA) is 79.3 Å². The molecule has 0 aliphatic heterocycles. The first-order valence-electron chi connectivity index (χ1n) is 6.39. The molecule has 6 heteroatoms. The molecule has 0 bridgehead atoms. The molecule has 1 aliphatic rings. The maximum Gasteiger partial charge on any atom is 0.307 e. The lowest BCUT2D eigenvalue weighted by Gasteiger charge is -2.14. The maximum absolute atomic E-state index is 12.1. The van der Waals surface area contributed by atoms with E-state index in [1.807, 2.05) is 19.2 Å². The summed E-state index contributed by atoms with van der Waals surface area (Å²) in [6.45, 7) is 4.28. The van der Waals surface area contributed by atoms with Crippen LogP contribution in [0.25, 0.3) is 0 Å². The molecular formula is C13H18N2O3S. The second-order valence-electron chi connectivity index (χ2n) is 5.20. The van der Waals surface area contributed by atoms with Crippen LogP contribution < -0.4 is 5.32 Å². The number of aryl methyl sites for hydroxylation is 1. The number of rotatable bonds is 4. The minimum atomic E-state index is -0.867. The SMILES string of the molecule is Cc1nc(CNC(=O)[C@H]2CC(C)C[C@H]2C(=O)O)cs1. The number of nitrogens with zero attached hydrogens (tertiary/aromatic N) is 1. The van der Waals surface area contributed by atoms with Crippen LogP contribution in [0.3, 0.4) is 0 Å². The van der Waals surface area contributed by atoms with E-state index in [-0.39, 0.29) is 5.91 Å². The van der Waals surface area contributed by atoms with E-state index in [4.69, 9.17) is 5.11 Å². The summed E-state index contributed by atoms with van der Waals surface area (Å²) in [5, 5.41) is 14.8. The maximum atomic E-state index is 12.1. The average molecular weight is 282 g/mol. The zero-order chi connectivity index (χ0) is 14.0. The van der Waals surface area contributed by atoms with E-state index in [0.717, 1.165) is 10.7 Å². The standard InChI is InChI=1S/C13H18N2O3S/c1-7-3-10(11(4-7)13(17)18)12(16)14-5-9-6-19-8(2)15-9/h6-7,10-11H,3-5H2,1-2H3,(H,14,16)(H,17,18)/t7?,10-,11+/m0/s1. The van der Waals surface area contributed by atoms with Crippen molar-refractivity contribution in [2.75, 3.05) is 0 Å². The van der Waals surface area contributed by atoms with Crippen LogP contribution in [0.15, 0.2) is 5.38 Å². The minimum Gasteiger partial charge on any atom is -0.481 e. The second kappa shape index (κ2) is 5.69. The Hall–Kier alpha value is -1.43. The average Bonchev–Trinajstić information content (AvgIpc) is 2.92. The van der Waals surface area contributed by atoms with Crippen LogP contribution in [0.1, 0.15) is 30.5 Å². The molecule has 0 saturated heterocycles. The Labute approximate surface area is 116 Å². The molecule has 0 aromatic carbocycles. The number of carbonyl (C=O) groups excluding carboxylic acids is 1. The van der Waals surface area contributed by atoms with Gasteiger partial charge in [0.25, 0.3) is 0 Å². The van der Waals surface area contributed by atoms with Crippen LogP contribution >= 0.6 is 11.3 Å². The molecule has 104 valence electrons. The minimum absolute atomic E-state index is 0.164. The summed E-state index contributed by atoms with van der Waals surface area (Å²) in [5.41, 5.74) is 0.828. The van der Waals surface area contributed by atoms with Gasteiger partial charge in [0.2, 0.25) is 5.91 Å². The van der Waals surface area contributed by atoms with Crippen molar-refractivity contribution >= 4 is 23.2 Å². The van der Waals surface area contributed by atoms with Crippen molar-refractivity contribution in [2.45, 2.75) is 33.2 Å². The lowest BCUT2D eigenvalue weighted by molar-refractivity contribution is -0.146. The molecule has 2 N–H and O–H groups in total. The van der Waals surface area contributed by atoms with Crippen LogP contribution in [0.2, 0.25) is 0 Å². The molecule has 1 saturated carbocycles. The summed E-state index contributed by atoms with van der Waals surface area (Å²) < 4.78 is 0. The Bertz CT molecular complexity index is 486. The number of carboxylic acid groups (broad SMARTS) is 1. The van der Waals surface area contributed by atoms with Crippen LogP contribution in [0, 0.1) is 24.7 Å². The van der Waals surface area contributed by atoms with Crippen molar-refractivity contribution in [2.24, 2.45) is 17.8 Å². The quantitative estimate of drug-likeness (QED) is 0.882. The summed E-state index contributed by atoms with van der Waals surface area (Å²) in [6, 6.07) is 0.